The molecule has 0 aromatic heterocycles. The van der Waals surface area contributed by atoms with Crippen molar-refractivity contribution in [1.82, 2.24) is 5.32 Å². The highest BCUT2D eigenvalue weighted by atomic mass is 16.5. The summed E-state index contributed by atoms with van der Waals surface area (Å²) in [5.74, 6) is 0.0842. The standard InChI is InChI=1S/C12H21NO3/c1-12(15,7-8-16-2)9-13-11(14)10-5-3-4-6-10/h3-4,10,15H,5-9H2,1-2H3,(H,13,14). The van der Waals surface area contributed by atoms with Gasteiger partial charge in [-0.1, -0.05) is 12.2 Å². The molecule has 0 aliphatic heterocycles. The SMILES string of the molecule is COCCC(C)(O)CNC(=O)C1CC=CC1. The van der Waals surface area contributed by atoms with E-state index in [0.717, 1.165) is 12.8 Å². The van der Waals surface area contributed by atoms with Crippen LogP contribution in [0.25, 0.3) is 0 Å². The maximum atomic E-state index is 11.7. The smallest absolute Gasteiger partial charge is 0.223 e. The van der Waals surface area contributed by atoms with Gasteiger partial charge < -0.3 is 15.2 Å². The molecule has 0 aromatic rings. The molecule has 1 amide bonds. The molecule has 0 fully saturated rings. The average Bonchev–Trinajstić information content (AvgIpc) is 2.77. The van der Waals surface area contributed by atoms with Crippen molar-refractivity contribution in [1.29, 1.82) is 0 Å². The number of rotatable bonds is 6. The molecule has 0 saturated heterocycles. The second-order valence-corrected chi connectivity index (χ2v) is 4.60. The van der Waals surface area contributed by atoms with Crippen LogP contribution in [0.5, 0.6) is 0 Å². The quantitative estimate of drug-likeness (QED) is 0.662. The summed E-state index contributed by atoms with van der Waals surface area (Å²) < 4.78 is 4.90. The van der Waals surface area contributed by atoms with Crippen LogP contribution in [0.1, 0.15) is 26.2 Å². The van der Waals surface area contributed by atoms with Gasteiger partial charge in [0.15, 0.2) is 0 Å². The summed E-state index contributed by atoms with van der Waals surface area (Å²) in [6.07, 6.45) is 6.19. The van der Waals surface area contributed by atoms with Crippen LogP contribution < -0.4 is 5.32 Å². The lowest BCUT2D eigenvalue weighted by Crippen LogP contribution is -2.43. The highest BCUT2D eigenvalue weighted by molar-refractivity contribution is 5.79. The third kappa shape index (κ3) is 4.33. The highest BCUT2D eigenvalue weighted by Gasteiger charge is 2.24. The predicted octanol–water partition coefficient (Wildman–Crippen LogP) is 0.856. The molecule has 0 heterocycles. The summed E-state index contributed by atoms with van der Waals surface area (Å²) in [6, 6.07) is 0. The Morgan fingerprint density at radius 1 is 1.56 bits per heavy atom. The number of allylic oxidation sites excluding steroid dienone is 2. The van der Waals surface area contributed by atoms with E-state index in [2.05, 4.69) is 5.32 Å². The van der Waals surface area contributed by atoms with Crippen LogP contribution in [0.3, 0.4) is 0 Å². The number of nitrogens with one attached hydrogen (secondary N) is 1. The van der Waals surface area contributed by atoms with Crippen molar-refractivity contribution < 1.29 is 14.6 Å². The minimum Gasteiger partial charge on any atom is -0.388 e. The van der Waals surface area contributed by atoms with Crippen molar-refractivity contribution in [2.24, 2.45) is 5.92 Å². The zero-order chi connectivity index (χ0) is 12.0. The Labute approximate surface area is 96.7 Å². The second kappa shape index (κ2) is 6.01. The predicted molar refractivity (Wildman–Crippen MR) is 62.0 cm³/mol. The van der Waals surface area contributed by atoms with Gasteiger partial charge >= 0.3 is 0 Å². The van der Waals surface area contributed by atoms with Gasteiger partial charge in [-0.2, -0.15) is 0 Å². The molecular weight excluding hydrogens is 206 g/mol. The van der Waals surface area contributed by atoms with Gasteiger partial charge in [0.2, 0.25) is 5.91 Å². The van der Waals surface area contributed by atoms with Crippen LogP contribution in [0, 0.1) is 5.92 Å². The van der Waals surface area contributed by atoms with Crippen molar-refractivity contribution in [3.63, 3.8) is 0 Å². The van der Waals surface area contributed by atoms with Gasteiger partial charge in [-0.05, 0) is 19.8 Å². The molecule has 1 aliphatic rings. The maximum absolute atomic E-state index is 11.7. The number of aliphatic hydroxyl groups is 1. The van der Waals surface area contributed by atoms with Crippen LogP contribution in [0.2, 0.25) is 0 Å². The first-order valence-electron chi connectivity index (χ1n) is 5.69. The van der Waals surface area contributed by atoms with Gasteiger partial charge in [0.05, 0.1) is 5.60 Å². The van der Waals surface area contributed by atoms with E-state index < -0.39 is 5.60 Å². The summed E-state index contributed by atoms with van der Waals surface area (Å²) in [6.45, 7) is 2.48. The number of hydrogen-bond acceptors (Lipinski definition) is 3. The van der Waals surface area contributed by atoms with Crippen LogP contribution in [-0.4, -0.2) is 36.9 Å². The molecule has 1 atom stereocenters. The molecule has 92 valence electrons. The number of ether oxygens (including phenoxy) is 1. The van der Waals surface area contributed by atoms with Crippen LogP contribution >= 0.6 is 0 Å². The normalized spacial score (nSPS) is 19.7. The van der Waals surface area contributed by atoms with Gasteiger partial charge in [-0.25, -0.2) is 0 Å². The minimum atomic E-state index is -0.891. The maximum Gasteiger partial charge on any atom is 0.223 e. The fourth-order valence-corrected chi connectivity index (χ4v) is 1.66. The van der Waals surface area contributed by atoms with Crippen LogP contribution in [-0.2, 0) is 9.53 Å². The lowest BCUT2D eigenvalue weighted by molar-refractivity contribution is -0.126. The Morgan fingerprint density at radius 2 is 2.19 bits per heavy atom. The molecule has 4 heteroatoms. The molecule has 16 heavy (non-hydrogen) atoms. The number of carbonyl (C=O) groups is 1. The first kappa shape index (κ1) is 13.2. The Morgan fingerprint density at radius 3 is 2.75 bits per heavy atom. The lowest BCUT2D eigenvalue weighted by atomic mass is 10.0. The molecule has 0 bridgehead atoms. The van der Waals surface area contributed by atoms with E-state index in [0.29, 0.717) is 13.0 Å². The zero-order valence-electron chi connectivity index (χ0n) is 10.0. The lowest BCUT2D eigenvalue weighted by Gasteiger charge is -2.24. The molecule has 0 aromatic carbocycles. The summed E-state index contributed by atoms with van der Waals surface area (Å²) in [5, 5.41) is 12.7. The van der Waals surface area contributed by atoms with Crippen molar-refractivity contribution >= 4 is 5.91 Å². The number of methoxy groups -OCH3 is 1. The molecule has 0 saturated carbocycles. The molecule has 2 N–H and O–H groups in total. The van der Waals surface area contributed by atoms with Gasteiger partial charge in [0.1, 0.15) is 0 Å². The third-order valence-corrected chi connectivity index (χ3v) is 2.87. The topological polar surface area (TPSA) is 58.6 Å². The van der Waals surface area contributed by atoms with E-state index in [4.69, 9.17) is 4.74 Å². The molecule has 0 radical (unpaired) electrons. The highest BCUT2D eigenvalue weighted by Crippen LogP contribution is 2.18. The van der Waals surface area contributed by atoms with Crippen molar-refractivity contribution in [2.45, 2.75) is 31.8 Å². The van der Waals surface area contributed by atoms with E-state index >= 15 is 0 Å². The minimum absolute atomic E-state index is 0.0303. The van der Waals surface area contributed by atoms with E-state index in [1.54, 1.807) is 14.0 Å². The van der Waals surface area contributed by atoms with Gasteiger partial charge in [0.25, 0.3) is 0 Å². The Hall–Kier alpha value is -0.870. The monoisotopic (exact) mass is 227 g/mol. The van der Waals surface area contributed by atoms with Crippen LogP contribution in [0.4, 0.5) is 0 Å². The largest absolute Gasteiger partial charge is 0.388 e. The van der Waals surface area contributed by atoms with E-state index in [1.165, 1.54) is 0 Å². The molecule has 4 nitrogen and oxygen atoms in total. The Bertz CT molecular complexity index is 253. The zero-order valence-corrected chi connectivity index (χ0v) is 10.0. The molecule has 1 aliphatic carbocycles. The number of amides is 1. The summed E-state index contributed by atoms with van der Waals surface area (Å²) >= 11 is 0. The first-order chi connectivity index (χ1) is 7.55. The van der Waals surface area contributed by atoms with Gasteiger partial charge in [-0.15, -0.1) is 0 Å². The first-order valence-corrected chi connectivity index (χ1v) is 5.69. The van der Waals surface area contributed by atoms with Crippen LogP contribution in [0.15, 0.2) is 12.2 Å². The molecule has 1 unspecified atom stereocenters. The number of hydrogen-bond donors (Lipinski definition) is 2. The van der Waals surface area contributed by atoms with Crippen molar-refractivity contribution in [3.05, 3.63) is 12.2 Å². The Kier molecular flexibility index (Phi) is 4.96. The Balaban J connectivity index is 2.24. The van der Waals surface area contributed by atoms with E-state index in [1.807, 2.05) is 12.2 Å². The second-order valence-electron chi connectivity index (χ2n) is 4.60. The van der Waals surface area contributed by atoms with E-state index in [-0.39, 0.29) is 18.4 Å². The third-order valence-electron chi connectivity index (χ3n) is 2.87. The van der Waals surface area contributed by atoms with E-state index in [9.17, 15) is 9.90 Å². The molecular formula is C12H21NO3. The van der Waals surface area contributed by atoms with Gasteiger partial charge in [-0.3, -0.25) is 4.79 Å². The van der Waals surface area contributed by atoms with Crippen molar-refractivity contribution in [3.8, 4) is 0 Å². The summed E-state index contributed by atoms with van der Waals surface area (Å²) in [7, 11) is 1.60. The number of carbonyl (C=O) groups excluding carboxylic acids is 1. The van der Waals surface area contributed by atoms with Crippen molar-refractivity contribution in [2.75, 3.05) is 20.3 Å². The fourth-order valence-electron chi connectivity index (χ4n) is 1.66. The molecule has 0 spiro atoms. The molecule has 1 rings (SSSR count). The van der Waals surface area contributed by atoms with Gasteiger partial charge in [0, 0.05) is 32.6 Å². The summed E-state index contributed by atoms with van der Waals surface area (Å²) in [5.41, 5.74) is -0.891. The average molecular weight is 227 g/mol. The summed E-state index contributed by atoms with van der Waals surface area (Å²) in [4.78, 5) is 11.7. The fraction of sp³-hybridized carbons (Fsp3) is 0.750.